The van der Waals surface area contributed by atoms with Crippen LogP contribution in [0.2, 0.25) is 5.02 Å². The number of imidazole rings is 1. The molecular formula is C46H55ClF2N12O5. The van der Waals surface area contributed by atoms with Gasteiger partial charge in [-0.3, -0.25) is 14.4 Å². The van der Waals surface area contributed by atoms with E-state index in [0.717, 1.165) is 69.1 Å². The van der Waals surface area contributed by atoms with Crippen molar-refractivity contribution in [2.24, 2.45) is 23.2 Å². The van der Waals surface area contributed by atoms with E-state index in [2.05, 4.69) is 58.8 Å². The van der Waals surface area contributed by atoms with Crippen molar-refractivity contribution in [3.05, 3.63) is 64.2 Å². The number of ether oxygens (including phenoxy) is 1. The molecule has 66 heavy (non-hydrogen) atoms. The number of carbonyl (C=O) groups is 3. The van der Waals surface area contributed by atoms with Gasteiger partial charge in [-0.2, -0.15) is 0 Å². The molecule has 2 aliphatic carbocycles. The number of methoxy groups -OCH3 is 1. The first-order valence-electron chi connectivity index (χ1n) is 23.1. The molecule has 6 aliphatic heterocycles. The summed E-state index contributed by atoms with van der Waals surface area (Å²) in [6.45, 7) is 5.27. The van der Waals surface area contributed by atoms with Gasteiger partial charge in [-0.1, -0.05) is 17.7 Å². The van der Waals surface area contributed by atoms with E-state index < -0.39 is 30.1 Å². The molecule has 1 aromatic carbocycles. The first kappa shape index (κ1) is 43.2. The first-order valence-corrected chi connectivity index (χ1v) is 23.5. The number of benzene rings is 1. The number of hydrogen-bond donors (Lipinski definition) is 4. The molecule has 12 rings (SSSR count). The Morgan fingerprint density at radius 2 is 1.83 bits per heavy atom. The fraction of sp³-hybridized carbons (Fsp3) is 0.565. The van der Waals surface area contributed by atoms with Gasteiger partial charge in [0.15, 0.2) is 17.2 Å². The molecule has 3 amide bonds. The summed E-state index contributed by atoms with van der Waals surface area (Å²) in [5, 5.41) is 24.5. The van der Waals surface area contributed by atoms with Crippen molar-refractivity contribution in [1.29, 1.82) is 0 Å². The Morgan fingerprint density at radius 1 is 1.05 bits per heavy atom. The number of halogens is 3. The normalized spacial score (nSPS) is 27.5. The number of fused-ring (bicyclic) bond motifs is 4. The molecule has 6 atom stereocenters. The molecule has 2 saturated carbocycles. The minimum absolute atomic E-state index is 0.00955. The number of likely N-dealkylation sites (tertiary alicyclic amines) is 2. The number of aliphatic hydroxyl groups excluding tert-OH is 1. The van der Waals surface area contributed by atoms with E-state index in [9.17, 15) is 19.5 Å². The molecule has 2 bridgehead atoms. The largest absolute Gasteiger partial charge is 0.385 e. The predicted molar refractivity (Wildman–Crippen MR) is 243 cm³/mol. The van der Waals surface area contributed by atoms with Gasteiger partial charge in [-0.25, -0.2) is 23.3 Å². The number of rotatable bonds is 10. The maximum Gasteiger partial charge on any atom is 0.273 e. The van der Waals surface area contributed by atoms with Crippen molar-refractivity contribution in [1.82, 2.24) is 40.0 Å². The molecule has 5 saturated heterocycles. The second kappa shape index (κ2) is 16.2. The average molecular weight is 929 g/mol. The molecule has 1 spiro atoms. The van der Waals surface area contributed by atoms with E-state index >= 15 is 8.78 Å². The standard InChI is InChI=1S/C46H55ClF2N12O5/c1-25-40(47)35(60-13-10-39(62)54-44(60)65)16-32(52-25)43(64)57-14-11-45(46(48,49)24-57)22-56(23-45)21-29-26-15-27(29)20-58(19-26)33-5-4-6-34-28(33)9-12-59(34)38-17-31(50-2)41-51-18-36(61(41)55-38)42(63)53-30-7-8-37(30)66-3/h4-6,16-18,26-27,29-30,37,44,50,65H,7-15,19-24H2,1-3H3,(H,53,63)(H,54,62)/t26-,27+,29?,30-,37-,44?/m1/s1. The van der Waals surface area contributed by atoms with Gasteiger partial charge < -0.3 is 50.3 Å². The highest BCUT2D eigenvalue weighted by atomic mass is 35.5. The molecule has 9 heterocycles. The van der Waals surface area contributed by atoms with Gasteiger partial charge in [0.05, 0.1) is 52.4 Å². The number of alkyl halides is 2. The second-order valence-corrected chi connectivity index (χ2v) is 19.8. The van der Waals surface area contributed by atoms with Crippen molar-refractivity contribution in [3.8, 4) is 0 Å². The third kappa shape index (κ3) is 7.01. The summed E-state index contributed by atoms with van der Waals surface area (Å²) in [5.74, 6) is -2.12. The number of aryl methyl sites for hydroxylation is 1. The summed E-state index contributed by atoms with van der Waals surface area (Å²) in [7, 11) is 3.51. The van der Waals surface area contributed by atoms with Crippen LogP contribution in [0.1, 0.15) is 64.3 Å². The van der Waals surface area contributed by atoms with E-state index in [-0.39, 0.29) is 60.6 Å². The second-order valence-electron chi connectivity index (χ2n) is 19.4. The number of amides is 3. The molecule has 350 valence electrons. The van der Waals surface area contributed by atoms with E-state index in [1.807, 2.05) is 13.1 Å². The first-order chi connectivity index (χ1) is 31.7. The maximum absolute atomic E-state index is 16.2. The van der Waals surface area contributed by atoms with Gasteiger partial charge >= 0.3 is 0 Å². The third-order valence-corrected chi connectivity index (χ3v) is 16.2. The van der Waals surface area contributed by atoms with E-state index in [1.165, 1.54) is 27.1 Å². The van der Waals surface area contributed by atoms with Gasteiger partial charge in [0, 0.05) is 95.9 Å². The van der Waals surface area contributed by atoms with Gasteiger partial charge in [-0.05, 0) is 75.0 Å². The van der Waals surface area contributed by atoms with Crippen molar-refractivity contribution < 1.29 is 33.0 Å². The lowest BCUT2D eigenvalue weighted by molar-refractivity contribution is -0.224. The lowest BCUT2D eigenvalue weighted by Gasteiger charge is -2.61. The quantitative estimate of drug-likeness (QED) is 0.181. The number of nitrogens with one attached hydrogen (secondary N) is 3. The van der Waals surface area contributed by atoms with Crippen LogP contribution in [0, 0.1) is 30.1 Å². The van der Waals surface area contributed by atoms with Crippen LogP contribution in [0.3, 0.4) is 0 Å². The van der Waals surface area contributed by atoms with Crippen molar-refractivity contribution >= 4 is 63.5 Å². The number of anilines is 5. The van der Waals surface area contributed by atoms with Crippen molar-refractivity contribution in [3.63, 3.8) is 0 Å². The van der Waals surface area contributed by atoms with Gasteiger partial charge in [0.1, 0.15) is 5.69 Å². The number of carbonyl (C=O) groups excluding carboxylic acids is 3. The minimum atomic E-state index is -3.09. The van der Waals surface area contributed by atoms with Gasteiger partial charge in [0.25, 0.3) is 17.7 Å². The summed E-state index contributed by atoms with van der Waals surface area (Å²) in [4.78, 5) is 57.4. The lowest BCUT2D eigenvalue weighted by Crippen LogP contribution is -2.72. The molecule has 20 heteroatoms. The summed E-state index contributed by atoms with van der Waals surface area (Å²) in [6, 6.07) is 9.82. The molecular weight excluding hydrogens is 874 g/mol. The fourth-order valence-corrected chi connectivity index (χ4v) is 12.1. The van der Waals surface area contributed by atoms with E-state index in [0.29, 0.717) is 53.6 Å². The smallest absolute Gasteiger partial charge is 0.273 e. The summed E-state index contributed by atoms with van der Waals surface area (Å²) in [6.07, 6.45) is 4.33. The van der Waals surface area contributed by atoms with Crippen LogP contribution in [0.15, 0.2) is 36.5 Å². The predicted octanol–water partition coefficient (Wildman–Crippen LogP) is 3.89. The zero-order valence-corrected chi connectivity index (χ0v) is 38.0. The number of hydrogen-bond acceptors (Lipinski definition) is 13. The lowest BCUT2D eigenvalue weighted by atomic mass is 9.60. The summed E-state index contributed by atoms with van der Waals surface area (Å²) < 4.78 is 39.5. The molecule has 8 aliphatic rings. The molecule has 4 N–H and O–H groups in total. The maximum atomic E-state index is 16.2. The average Bonchev–Trinajstić information content (AvgIpc) is 3.92. The van der Waals surface area contributed by atoms with Gasteiger partial charge in [-0.15, -0.1) is 5.10 Å². The zero-order chi connectivity index (χ0) is 45.8. The molecule has 4 aromatic rings. The van der Waals surface area contributed by atoms with E-state index in [4.69, 9.17) is 21.4 Å². The van der Waals surface area contributed by atoms with Crippen LogP contribution < -0.4 is 30.7 Å². The summed E-state index contributed by atoms with van der Waals surface area (Å²) >= 11 is 6.52. The molecule has 0 radical (unpaired) electrons. The van der Waals surface area contributed by atoms with E-state index in [1.54, 1.807) is 24.7 Å². The Bertz CT molecular complexity index is 2610. The SMILES string of the molecule is CNc1cc(N2CCc3c(N4C[C@H]5C[C@@H](C4)C5CN4CC5(CCN(C(=O)c6cc(N7CCC(=O)NC7O)c(Cl)c(C)n6)CC5(F)F)C4)cccc32)nn2c(C(=O)N[C@@H]3CC[C@H]3OC)cnc12. The molecule has 2 unspecified atom stereocenters. The van der Waals surface area contributed by atoms with Crippen LogP contribution in [-0.4, -0.2) is 150 Å². The Balaban J connectivity index is 0.721. The Labute approximate surface area is 385 Å². The number of piperidine rings is 3. The number of aliphatic hydroxyl groups is 1. The summed E-state index contributed by atoms with van der Waals surface area (Å²) in [5.41, 5.74) is 4.74. The Hall–Kier alpha value is -5.37. The number of pyridine rings is 1. The van der Waals surface area contributed by atoms with Crippen LogP contribution >= 0.6 is 11.6 Å². The zero-order valence-electron chi connectivity index (χ0n) is 37.3. The number of aromatic nitrogens is 4. The minimum Gasteiger partial charge on any atom is -0.385 e. The van der Waals surface area contributed by atoms with Gasteiger partial charge in [0.2, 0.25) is 12.3 Å². The molecule has 7 fully saturated rings. The highest BCUT2D eigenvalue weighted by Gasteiger charge is 2.63. The highest BCUT2D eigenvalue weighted by molar-refractivity contribution is 6.34. The topological polar surface area (TPSA) is 176 Å². The monoisotopic (exact) mass is 928 g/mol. The van der Waals surface area contributed by atoms with Crippen molar-refractivity contribution in [2.45, 2.75) is 69.9 Å². The van der Waals surface area contributed by atoms with Crippen LogP contribution in [-0.2, 0) is 16.0 Å². The van der Waals surface area contributed by atoms with Crippen LogP contribution in [0.5, 0.6) is 0 Å². The number of nitrogens with zero attached hydrogens (tertiary/aromatic N) is 9. The fourth-order valence-electron chi connectivity index (χ4n) is 11.8. The highest BCUT2D eigenvalue weighted by Crippen LogP contribution is 2.54. The Morgan fingerprint density at radius 3 is 2.55 bits per heavy atom. The van der Waals surface area contributed by atoms with Crippen molar-refractivity contribution in [2.75, 3.05) is 93.1 Å². The molecule has 17 nitrogen and oxygen atoms in total. The Kier molecular flexibility index (Phi) is 10.6. The molecule has 3 aromatic heterocycles. The third-order valence-electron chi connectivity index (χ3n) is 15.8. The van der Waals surface area contributed by atoms with Crippen LogP contribution in [0.25, 0.3) is 5.65 Å². The van der Waals surface area contributed by atoms with Crippen LogP contribution in [0.4, 0.5) is 37.3 Å².